The van der Waals surface area contributed by atoms with Crippen molar-refractivity contribution >= 4 is 38.9 Å². The first kappa shape index (κ1) is 13.6. The van der Waals surface area contributed by atoms with Gasteiger partial charge in [-0.1, -0.05) is 24.3 Å². The molecule has 4 rings (SSSR count). The summed E-state index contributed by atoms with van der Waals surface area (Å²) in [6.45, 7) is 0. The van der Waals surface area contributed by atoms with Crippen molar-refractivity contribution in [1.82, 2.24) is 0 Å². The Morgan fingerprint density at radius 3 is 1.83 bits per heavy atom. The van der Waals surface area contributed by atoms with E-state index >= 15 is 0 Å². The monoisotopic (exact) mass is 300 g/mol. The molecule has 1 heterocycles. The van der Waals surface area contributed by atoms with Gasteiger partial charge in [0.2, 0.25) is 11.0 Å². The fourth-order valence-electron chi connectivity index (χ4n) is 3.08. The number of pyridine rings is 1. The molecule has 3 aromatic carbocycles. The number of hydrogen-bond acceptors (Lipinski definition) is 2. The van der Waals surface area contributed by atoms with Gasteiger partial charge in [0, 0.05) is 23.5 Å². The van der Waals surface area contributed by atoms with E-state index in [-0.39, 0.29) is 0 Å². The summed E-state index contributed by atoms with van der Waals surface area (Å²) in [5.74, 6) is 0. The van der Waals surface area contributed by atoms with Crippen LogP contribution in [0.15, 0.2) is 72.8 Å². The van der Waals surface area contributed by atoms with Crippen LogP contribution in [0.4, 0.5) is 17.1 Å². The second kappa shape index (κ2) is 5.29. The first-order valence-corrected chi connectivity index (χ1v) is 7.66. The van der Waals surface area contributed by atoms with Gasteiger partial charge in [0.05, 0.1) is 16.5 Å². The van der Waals surface area contributed by atoms with E-state index in [2.05, 4.69) is 65.5 Å². The summed E-state index contributed by atoms with van der Waals surface area (Å²) in [6, 6.07) is 24.7. The van der Waals surface area contributed by atoms with E-state index in [4.69, 9.17) is 5.73 Å². The molecule has 0 aliphatic carbocycles. The van der Waals surface area contributed by atoms with E-state index in [1.807, 2.05) is 24.3 Å². The Bertz CT molecular complexity index is 947. The zero-order valence-electron chi connectivity index (χ0n) is 13.0. The second-order valence-corrected chi connectivity index (χ2v) is 5.72. The fourth-order valence-corrected chi connectivity index (χ4v) is 3.08. The van der Waals surface area contributed by atoms with E-state index in [0.717, 1.165) is 17.1 Å². The first-order chi connectivity index (χ1) is 11.2. The molecule has 1 aromatic heterocycles. The highest BCUT2D eigenvalue weighted by Gasteiger charge is 2.17. The number of rotatable bonds is 2. The maximum atomic E-state index is 5.79. The van der Waals surface area contributed by atoms with E-state index in [1.54, 1.807) is 0 Å². The van der Waals surface area contributed by atoms with Crippen LogP contribution >= 0.6 is 0 Å². The van der Waals surface area contributed by atoms with Crippen molar-refractivity contribution in [2.45, 2.75) is 0 Å². The average Bonchev–Trinajstić information content (AvgIpc) is 2.60. The van der Waals surface area contributed by atoms with Gasteiger partial charge < -0.3 is 11.1 Å². The highest BCUT2D eigenvalue weighted by Crippen LogP contribution is 2.32. The molecule has 0 aliphatic heterocycles. The SMILES string of the molecule is C[n+]1c2ccccc2c(Nc2ccc(N)cc2)c2ccccc21. The summed E-state index contributed by atoms with van der Waals surface area (Å²) in [5, 5.41) is 5.97. The number of aromatic nitrogens is 1. The zero-order chi connectivity index (χ0) is 15.8. The lowest BCUT2D eigenvalue weighted by Crippen LogP contribution is -2.30. The molecule has 3 heteroatoms. The van der Waals surface area contributed by atoms with Crippen molar-refractivity contribution in [3.8, 4) is 0 Å². The van der Waals surface area contributed by atoms with E-state index < -0.39 is 0 Å². The number of nitrogens with one attached hydrogen (secondary N) is 1. The molecule has 0 fully saturated rings. The molecule has 0 unspecified atom stereocenters. The van der Waals surface area contributed by atoms with Crippen LogP contribution in [0.3, 0.4) is 0 Å². The maximum Gasteiger partial charge on any atom is 0.214 e. The lowest BCUT2D eigenvalue weighted by atomic mass is 10.1. The molecule has 0 aliphatic rings. The quantitative estimate of drug-likeness (QED) is 0.332. The topological polar surface area (TPSA) is 41.9 Å². The summed E-state index contributed by atoms with van der Waals surface area (Å²) in [5.41, 5.74) is 11.1. The Balaban J connectivity index is 2.02. The normalized spacial score (nSPS) is 11.0. The number of nitrogens with zero attached hydrogens (tertiary/aromatic N) is 1. The molecule has 0 saturated heterocycles. The van der Waals surface area contributed by atoms with Crippen LogP contribution in [0.25, 0.3) is 21.8 Å². The Morgan fingerprint density at radius 2 is 1.26 bits per heavy atom. The second-order valence-electron chi connectivity index (χ2n) is 5.72. The molecule has 23 heavy (non-hydrogen) atoms. The Kier molecular flexibility index (Phi) is 3.12. The summed E-state index contributed by atoms with van der Waals surface area (Å²) in [4.78, 5) is 0. The summed E-state index contributed by atoms with van der Waals surface area (Å²) in [7, 11) is 2.11. The van der Waals surface area contributed by atoms with Crippen molar-refractivity contribution in [2.75, 3.05) is 11.1 Å². The third kappa shape index (κ3) is 2.27. The lowest BCUT2D eigenvalue weighted by molar-refractivity contribution is -0.617. The summed E-state index contributed by atoms with van der Waals surface area (Å²) >= 11 is 0. The third-order valence-electron chi connectivity index (χ3n) is 4.25. The number of benzene rings is 3. The van der Waals surface area contributed by atoms with E-state index in [1.165, 1.54) is 21.8 Å². The number of nitrogen functional groups attached to an aromatic ring is 1. The maximum absolute atomic E-state index is 5.79. The number of nitrogens with two attached hydrogens (primary N) is 1. The highest BCUT2D eigenvalue weighted by atomic mass is 15.0. The molecule has 0 saturated carbocycles. The molecule has 0 atom stereocenters. The van der Waals surface area contributed by atoms with Crippen LogP contribution in [0.5, 0.6) is 0 Å². The lowest BCUT2D eigenvalue weighted by Gasteiger charge is -2.12. The van der Waals surface area contributed by atoms with Gasteiger partial charge in [-0.25, -0.2) is 0 Å². The molecule has 0 radical (unpaired) electrons. The van der Waals surface area contributed by atoms with Gasteiger partial charge in [-0.15, -0.1) is 0 Å². The van der Waals surface area contributed by atoms with E-state index in [9.17, 15) is 0 Å². The van der Waals surface area contributed by atoms with Gasteiger partial charge in [-0.3, -0.25) is 0 Å². The molecule has 0 amide bonds. The van der Waals surface area contributed by atoms with Gasteiger partial charge >= 0.3 is 0 Å². The summed E-state index contributed by atoms with van der Waals surface area (Å²) in [6.07, 6.45) is 0. The van der Waals surface area contributed by atoms with Gasteiger partial charge in [0.25, 0.3) is 0 Å². The largest absolute Gasteiger partial charge is 0.399 e. The predicted octanol–water partition coefficient (Wildman–Crippen LogP) is 4.14. The van der Waals surface area contributed by atoms with Crippen LogP contribution in [0.1, 0.15) is 0 Å². The molecule has 0 spiro atoms. The van der Waals surface area contributed by atoms with Gasteiger partial charge in [-0.05, 0) is 36.4 Å². The molecule has 4 aromatic rings. The highest BCUT2D eigenvalue weighted by molar-refractivity contribution is 6.06. The first-order valence-electron chi connectivity index (χ1n) is 7.66. The number of aryl methyl sites for hydroxylation is 1. The molecular weight excluding hydrogens is 282 g/mol. The van der Waals surface area contributed by atoms with Crippen LogP contribution in [0.2, 0.25) is 0 Å². The minimum Gasteiger partial charge on any atom is -0.399 e. The van der Waals surface area contributed by atoms with Crippen LogP contribution in [-0.2, 0) is 7.05 Å². The van der Waals surface area contributed by atoms with Crippen LogP contribution in [-0.4, -0.2) is 0 Å². The van der Waals surface area contributed by atoms with Gasteiger partial charge in [-0.2, -0.15) is 4.57 Å². The molecule has 0 bridgehead atoms. The van der Waals surface area contributed by atoms with E-state index in [0.29, 0.717) is 0 Å². The Morgan fingerprint density at radius 1 is 0.739 bits per heavy atom. The van der Waals surface area contributed by atoms with Crippen molar-refractivity contribution in [3.05, 3.63) is 72.8 Å². The molecule has 3 nitrogen and oxygen atoms in total. The summed E-state index contributed by atoms with van der Waals surface area (Å²) < 4.78 is 2.23. The van der Waals surface area contributed by atoms with Gasteiger partial charge in [0.15, 0.2) is 0 Å². The van der Waals surface area contributed by atoms with Crippen molar-refractivity contribution < 1.29 is 4.57 Å². The molecular formula is C20H18N3+. The third-order valence-corrected chi connectivity index (χ3v) is 4.25. The number of fused-ring (bicyclic) bond motifs is 2. The average molecular weight is 300 g/mol. The fraction of sp³-hybridized carbons (Fsp3) is 0.0500. The number of para-hydroxylation sites is 2. The zero-order valence-corrected chi connectivity index (χ0v) is 13.0. The van der Waals surface area contributed by atoms with Crippen molar-refractivity contribution in [1.29, 1.82) is 0 Å². The minimum atomic E-state index is 0.768. The van der Waals surface area contributed by atoms with Crippen molar-refractivity contribution in [3.63, 3.8) is 0 Å². The minimum absolute atomic E-state index is 0.768. The number of hydrogen-bond donors (Lipinski definition) is 2. The smallest absolute Gasteiger partial charge is 0.214 e. The van der Waals surface area contributed by atoms with Crippen molar-refractivity contribution in [2.24, 2.45) is 7.05 Å². The Hall–Kier alpha value is -3.07. The molecule has 112 valence electrons. The molecule has 3 N–H and O–H groups in total. The van der Waals surface area contributed by atoms with Gasteiger partial charge in [0.1, 0.15) is 7.05 Å². The number of anilines is 3. The van der Waals surface area contributed by atoms with Crippen LogP contribution in [0, 0.1) is 0 Å². The standard InChI is InChI=1S/C20H17N3/c1-23-18-8-4-2-6-16(18)20(17-7-3-5-9-19(17)23)22-15-12-10-14(21)11-13-15/h2-13H,21H2,1H3/p+1. The Labute approximate surface area is 135 Å². The predicted molar refractivity (Wildman–Crippen MR) is 96.8 cm³/mol. The van der Waals surface area contributed by atoms with Crippen LogP contribution < -0.4 is 15.6 Å².